The number of esters is 1. The van der Waals surface area contributed by atoms with Crippen LogP contribution in [0.15, 0.2) is 47.6 Å². The molecule has 0 aromatic carbocycles. The predicted molar refractivity (Wildman–Crippen MR) is 253 cm³/mol. The van der Waals surface area contributed by atoms with E-state index in [1.807, 2.05) is 58.1 Å². The highest BCUT2D eigenvalue weighted by Gasteiger charge is 2.52. The fraction of sp³-hybridized carbons (Fsp3) is 0.755. The lowest BCUT2D eigenvalue weighted by atomic mass is 9.76. The zero-order chi connectivity index (χ0) is 48.9. The van der Waals surface area contributed by atoms with Crippen molar-refractivity contribution >= 4 is 29.2 Å². The minimum atomic E-state index is -2.43. The van der Waals surface area contributed by atoms with Crippen LogP contribution >= 0.6 is 0 Å². The van der Waals surface area contributed by atoms with Gasteiger partial charge in [0.1, 0.15) is 30.1 Å². The molecule has 1 unspecified atom stereocenters. The lowest BCUT2D eigenvalue weighted by molar-refractivity contribution is -0.242. The molecule has 372 valence electrons. The lowest BCUT2D eigenvalue weighted by Gasteiger charge is -2.39. The van der Waals surface area contributed by atoms with Gasteiger partial charge in [-0.05, 0) is 113 Å². The number of carbonyl (C=O) groups is 5. The summed E-state index contributed by atoms with van der Waals surface area (Å²) in [6.45, 7) is 15.1. The van der Waals surface area contributed by atoms with Crippen LogP contribution < -0.4 is 0 Å². The maximum absolute atomic E-state index is 14.4. The molecule has 66 heavy (non-hydrogen) atoms. The van der Waals surface area contributed by atoms with Crippen molar-refractivity contribution in [3.63, 3.8) is 0 Å². The van der Waals surface area contributed by atoms with Crippen LogP contribution in [0.2, 0.25) is 0 Å². The van der Waals surface area contributed by atoms with Crippen LogP contribution in [0.5, 0.6) is 0 Å². The maximum atomic E-state index is 14.4. The number of ketones is 3. The third-order valence-electron chi connectivity index (χ3n) is 15.1. The molecule has 3 heterocycles. The Morgan fingerprint density at radius 1 is 0.833 bits per heavy atom. The molecule has 1 amide bonds. The molecule has 4 rings (SSSR count). The average Bonchev–Trinajstić information content (AvgIpc) is 3.44. The molecule has 2 saturated heterocycles. The summed E-state index contributed by atoms with van der Waals surface area (Å²) in [5, 5.41) is 23.6. The highest BCUT2D eigenvalue weighted by molar-refractivity contribution is 6.39. The van der Waals surface area contributed by atoms with Crippen molar-refractivity contribution in [1.29, 1.82) is 0 Å². The van der Waals surface area contributed by atoms with Crippen LogP contribution in [-0.2, 0) is 47.7 Å². The van der Waals surface area contributed by atoms with E-state index in [9.17, 15) is 34.2 Å². The normalized spacial score (nSPS) is 39.4. The van der Waals surface area contributed by atoms with Crippen LogP contribution in [0, 0.1) is 41.4 Å². The van der Waals surface area contributed by atoms with Crippen LogP contribution in [0.4, 0.5) is 0 Å². The summed E-state index contributed by atoms with van der Waals surface area (Å²) < 4.78 is 29.9. The number of allylic oxidation sites excluding steroid dienone is 6. The monoisotopic (exact) mass is 926 g/mol. The fourth-order valence-electron chi connectivity index (χ4n) is 10.6. The van der Waals surface area contributed by atoms with E-state index >= 15 is 0 Å². The number of piperidine rings is 1. The number of aliphatic hydroxyl groups is 2. The minimum Gasteiger partial charge on any atom is -0.460 e. The molecule has 0 radical (unpaired) electrons. The summed E-state index contributed by atoms with van der Waals surface area (Å²) in [4.78, 5) is 72.3. The third-order valence-corrected chi connectivity index (χ3v) is 15.1. The van der Waals surface area contributed by atoms with Crippen molar-refractivity contribution < 1.29 is 57.9 Å². The number of fused-ring (bicyclic) bond motifs is 3. The Kier molecular flexibility index (Phi) is 21.7. The number of Topliss-reactive ketones (excluding diaryl/α,β-unsaturated/α-hetero) is 3. The molecule has 3 aliphatic heterocycles. The van der Waals surface area contributed by atoms with Gasteiger partial charge in [-0.2, -0.15) is 0 Å². The first-order chi connectivity index (χ1) is 31.2. The number of aliphatic hydroxyl groups excluding tert-OH is 1. The summed E-state index contributed by atoms with van der Waals surface area (Å²) in [6, 6.07) is -1.11. The molecule has 0 aromatic rings. The fourth-order valence-corrected chi connectivity index (χ4v) is 10.6. The van der Waals surface area contributed by atoms with Gasteiger partial charge in [0.15, 0.2) is 5.78 Å². The van der Waals surface area contributed by atoms with Gasteiger partial charge in [0.05, 0.1) is 18.3 Å². The number of rotatable bonds is 6. The van der Waals surface area contributed by atoms with Crippen molar-refractivity contribution in [2.75, 3.05) is 27.9 Å². The van der Waals surface area contributed by atoms with E-state index < -0.39 is 77.8 Å². The van der Waals surface area contributed by atoms with Crippen molar-refractivity contribution in [3.05, 3.63) is 47.6 Å². The molecule has 1 aliphatic carbocycles. The topological polar surface area (TPSA) is 175 Å². The first kappa shape index (κ1) is 55.3. The van der Waals surface area contributed by atoms with Crippen LogP contribution in [-0.4, -0.2) is 121 Å². The summed E-state index contributed by atoms with van der Waals surface area (Å²) in [6.07, 6.45) is 14.3. The van der Waals surface area contributed by atoms with E-state index in [1.165, 1.54) is 12.0 Å². The molecule has 0 aromatic heterocycles. The molecule has 2 bridgehead atoms. The van der Waals surface area contributed by atoms with E-state index in [2.05, 4.69) is 6.92 Å². The Balaban J connectivity index is 1.72. The molecule has 3 fully saturated rings. The van der Waals surface area contributed by atoms with E-state index in [0.717, 1.165) is 24.8 Å². The number of carbonyl (C=O) groups excluding carboxylic acids is 5. The Morgan fingerprint density at radius 3 is 2.24 bits per heavy atom. The van der Waals surface area contributed by atoms with Gasteiger partial charge in [0.2, 0.25) is 5.79 Å². The van der Waals surface area contributed by atoms with Gasteiger partial charge in [-0.15, -0.1) is 0 Å². The highest BCUT2D eigenvalue weighted by Crippen LogP contribution is 2.38. The predicted octanol–water partition coefficient (Wildman–Crippen LogP) is 7.85. The van der Waals surface area contributed by atoms with Crippen molar-refractivity contribution in [2.24, 2.45) is 41.4 Å². The summed E-state index contributed by atoms with van der Waals surface area (Å²) in [7, 11) is 4.71. The highest BCUT2D eigenvalue weighted by atomic mass is 16.6. The van der Waals surface area contributed by atoms with Crippen molar-refractivity contribution in [1.82, 2.24) is 4.90 Å². The molecular formula is C53H83NO12. The smallest absolute Gasteiger partial charge is 0.329 e. The first-order valence-electron chi connectivity index (χ1n) is 24.7. The lowest BCUT2D eigenvalue weighted by Crippen LogP contribution is -2.59. The quantitative estimate of drug-likeness (QED) is 0.150. The van der Waals surface area contributed by atoms with Gasteiger partial charge >= 0.3 is 5.97 Å². The van der Waals surface area contributed by atoms with Gasteiger partial charge in [0.25, 0.3) is 11.7 Å². The second-order valence-electron chi connectivity index (χ2n) is 20.4. The average molecular weight is 926 g/mol. The van der Waals surface area contributed by atoms with Crippen LogP contribution in [0.25, 0.3) is 0 Å². The van der Waals surface area contributed by atoms with Gasteiger partial charge in [-0.1, -0.05) is 84.4 Å². The van der Waals surface area contributed by atoms with E-state index in [1.54, 1.807) is 41.1 Å². The summed E-state index contributed by atoms with van der Waals surface area (Å²) >= 11 is 0. The number of cyclic esters (lactones) is 1. The number of amides is 1. The number of methoxy groups -OCH3 is 3. The molecule has 2 N–H and O–H groups in total. The minimum absolute atomic E-state index is 0.0294. The zero-order valence-corrected chi connectivity index (χ0v) is 41.9. The van der Waals surface area contributed by atoms with Crippen molar-refractivity contribution in [2.45, 2.75) is 187 Å². The molecule has 13 nitrogen and oxygen atoms in total. The van der Waals surface area contributed by atoms with E-state index in [-0.39, 0.29) is 54.8 Å². The molecule has 13 heteroatoms. The molecule has 4 aliphatic rings. The number of ether oxygens (including phenoxy) is 5. The molecular weight excluding hydrogens is 843 g/mol. The second kappa shape index (κ2) is 25.9. The van der Waals surface area contributed by atoms with Gasteiger partial charge in [-0.25, -0.2) is 4.79 Å². The SMILES string of the molecule is CO[C@H]1C[C@@H]2CCC[C@@H](C)[C@@](O)(O2)C(=O)C(=O)N2CCCC[C@H]2C(=O)O[C@H]([C@H](C)C[C@@H]2CCC(C)[C@H](OC)C2)CC(=O)[C@H](C)/C=C(\C)[C@@H](O)[C@@H](OC)C(=O)[C@@H](C)C[C@H](C)/C=C/C=C/C=C1C. The van der Waals surface area contributed by atoms with Crippen LogP contribution in [0.1, 0.15) is 139 Å². The number of nitrogens with zero attached hydrogens (tertiary/aromatic N) is 1. The van der Waals surface area contributed by atoms with Gasteiger partial charge in [-0.3, -0.25) is 19.2 Å². The standard InChI is InChI=1S/C53H83NO12/c1-32-18-13-12-14-19-33(2)45(63-10)30-41-21-17-20-39(8)53(61,66-41)50(58)51(59)54-25-16-15-22-42(54)52(60)65-46(36(5)28-40-24-23-34(3)44(29-40)62-9)31-43(55)35(4)27-38(7)48(57)49(64-11)47(56)37(6)26-32/h12-14,18-19,27,32,34-37,39-42,44-46,48-49,57,61H,15-17,20-26,28-31H2,1-11H3/b14-12+,18-13+,33-19?,38-27+/t32-,34?,35-,36-,37+,39-,40+,41+,42+,44-,45+,46+,48-,49+,53-/m1/s1. The molecule has 1 saturated carbocycles. The Hall–Kier alpha value is -3.33. The Bertz CT molecular complexity index is 1770. The molecule has 15 atom stereocenters. The Morgan fingerprint density at radius 2 is 1.56 bits per heavy atom. The third kappa shape index (κ3) is 14.6. The summed E-state index contributed by atoms with van der Waals surface area (Å²) in [5.74, 6) is -7.09. The van der Waals surface area contributed by atoms with Crippen LogP contribution in [0.3, 0.4) is 0 Å². The maximum Gasteiger partial charge on any atom is 0.329 e. The number of hydrogen-bond acceptors (Lipinski definition) is 12. The molecule has 0 spiro atoms. The van der Waals surface area contributed by atoms with Crippen molar-refractivity contribution in [3.8, 4) is 0 Å². The van der Waals surface area contributed by atoms with Gasteiger partial charge < -0.3 is 38.8 Å². The van der Waals surface area contributed by atoms with E-state index in [0.29, 0.717) is 62.9 Å². The first-order valence-corrected chi connectivity index (χ1v) is 24.7. The second-order valence-corrected chi connectivity index (χ2v) is 20.4. The van der Waals surface area contributed by atoms with E-state index in [4.69, 9.17) is 23.7 Å². The largest absolute Gasteiger partial charge is 0.460 e. The number of hydrogen-bond donors (Lipinski definition) is 2. The van der Waals surface area contributed by atoms with Gasteiger partial charge in [0, 0.05) is 58.5 Å². The Labute approximate surface area is 395 Å². The summed E-state index contributed by atoms with van der Waals surface area (Å²) in [5.41, 5.74) is 1.30. The zero-order valence-electron chi connectivity index (χ0n) is 41.9.